The Hall–Kier alpha value is -1.33. The quantitative estimate of drug-likeness (QED) is 0.727. The molecular formula is C13H19N3OS. The van der Waals surface area contributed by atoms with E-state index in [9.17, 15) is 0 Å². The van der Waals surface area contributed by atoms with E-state index in [0.717, 1.165) is 27.5 Å². The van der Waals surface area contributed by atoms with Crippen LogP contribution in [0.15, 0.2) is 18.2 Å². The molecule has 0 aliphatic rings. The minimum Gasteiger partial charge on any atom is -0.399 e. The Morgan fingerprint density at radius 3 is 2.94 bits per heavy atom. The van der Waals surface area contributed by atoms with Gasteiger partial charge in [-0.3, -0.25) is 0 Å². The molecule has 1 atom stereocenters. The van der Waals surface area contributed by atoms with Gasteiger partial charge in [0.15, 0.2) is 5.13 Å². The molecule has 1 aromatic carbocycles. The topological polar surface area (TPSA) is 71.2 Å². The van der Waals surface area contributed by atoms with Gasteiger partial charge in [0.1, 0.15) is 0 Å². The largest absolute Gasteiger partial charge is 0.399 e. The van der Waals surface area contributed by atoms with Crippen molar-refractivity contribution in [3.05, 3.63) is 18.2 Å². The van der Waals surface area contributed by atoms with Crippen LogP contribution in [0.25, 0.3) is 10.2 Å². The molecular weight excluding hydrogens is 246 g/mol. The zero-order valence-electron chi connectivity index (χ0n) is 10.7. The van der Waals surface area contributed by atoms with Gasteiger partial charge in [-0.2, -0.15) is 0 Å². The molecule has 98 valence electrons. The Morgan fingerprint density at radius 1 is 1.50 bits per heavy atom. The molecule has 1 unspecified atom stereocenters. The molecule has 0 fully saturated rings. The number of nitrogens with two attached hydrogens (primary N) is 1. The van der Waals surface area contributed by atoms with Gasteiger partial charge in [0.25, 0.3) is 0 Å². The highest BCUT2D eigenvalue weighted by Gasteiger charge is 2.22. The van der Waals surface area contributed by atoms with E-state index in [2.05, 4.69) is 24.1 Å². The average Bonchev–Trinajstić information content (AvgIpc) is 2.70. The summed E-state index contributed by atoms with van der Waals surface area (Å²) < 4.78 is 1.08. The molecule has 2 rings (SSSR count). The molecule has 1 heterocycles. The van der Waals surface area contributed by atoms with Crippen molar-refractivity contribution in [2.24, 2.45) is 0 Å². The fourth-order valence-electron chi connectivity index (χ4n) is 1.83. The van der Waals surface area contributed by atoms with Gasteiger partial charge in [0.2, 0.25) is 0 Å². The maximum atomic E-state index is 9.11. The lowest BCUT2D eigenvalue weighted by Gasteiger charge is -2.28. The van der Waals surface area contributed by atoms with Gasteiger partial charge in [-0.05, 0) is 38.0 Å². The molecule has 5 heteroatoms. The van der Waals surface area contributed by atoms with Crippen LogP contribution in [-0.2, 0) is 0 Å². The number of hydrogen-bond acceptors (Lipinski definition) is 5. The van der Waals surface area contributed by atoms with Crippen LogP contribution in [0.5, 0.6) is 0 Å². The normalized spacial score (nSPS) is 14.6. The Kier molecular flexibility index (Phi) is 3.73. The first-order chi connectivity index (χ1) is 8.56. The fourth-order valence-corrected chi connectivity index (χ4v) is 2.89. The van der Waals surface area contributed by atoms with Crippen molar-refractivity contribution in [1.82, 2.24) is 4.98 Å². The van der Waals surface area contributed by atoms with E-state index in [0.29, 0.717) is 6.42 Å². The number of benzene rings is 1. The van der Waals surface area contributed by atoms with Crippen molar-refractivity contribution in [2.45, 2.75) is 32.2 Å². The molecule has 2 aromatic rings. The minimum atomic E-state index is -0.117. The summed E-state index contributed by atoms with van der Waals surface area (Å²) in [4.78, 5) is 4.54. The molecule has 0 radical (unpaired) electrons. The van der Waals surface area contributed by atoms with Crippen LogP contribution in [0.3, 0.4) is 0 Å². The summed E-state index contributed by atoms with van der Waals surface area (Å²) in [6.45, 7) is 4.38. The first-order valence-electron chi connectivity index (χ1n) is 6.11. The number of nitrogens with one attached hydrogen (secondary N) is 1. The van der Waals surface area contributed by atoms with Crippen molar-refractivity contribution < 1.29 is 5.11 Å². The summed E-state index contributed by atoms with van der Waals surface area (Å²) in [6.07, 6.45) is 1.65. The summed E-state index contributed by atoms with van der Waals surface area (Å²) in [5.74, 6) is 0. The number of nitrogen functional groups attached to an aromatic ring is 1. The van der Waals surface area contributed by atoms with Crippen molar-refractivity contribution >= 4 is 32.4 Å². The predicted molar refractivity (Wildman–Crippen MR) is 78.1 cm³/mol. The van der Waals surface area contributed by atoms with Gasteiger partial charge in [-0.25, -0.2) is 4.98 Å². The molecule has 0 aliphatic carbocycles. The minimum absolute atomic E-state index is 0.117. The molecule has 0 saturated carbocycles. The highest BCUT2D eigenvalue weighted by molar-refractivity contribution is 7.22. The van der Waals surface area contributed by atoms with Crippen LogP contribution in [0.4, 0.5) is 10.8 Å². The van der Waals surface area contributed by atoms with E-state index in [1.807, 2.05) is 18.2 Å². The van der Waals surface area contributed by atoms with Crippen molar-refractivity contribution in [3.8, 4) is 0 Å². The second-order valence-corrected chi connectivity index (χ2v) is 5.79. The number of anilines is 2. The summed E-state index contributed by atoms with van der Waals surface area (Å²) in [6, 6.07) is 5.73. The second kappa shape index (κ2) is 5.12. The van der Waals surface area contributed by atoms with Crippen LogP contribution >= 0.6 is 11.3 Å². The summed E-state index contributed by atoms with van der Waals surface area (Å²) >= 11 is 1.60. The van der Waals surface area contributed by atoms with Crippen LogP contribution in [0, 0.1) is 0 Å². The number of thiazole rings is 1. The van der Waals surface area contributed by atoms with Crippen LogP contribution in [0.1, 0.15) is 26.7 Å². The Morgan fingerprint density at radius 2 is 2.28 bits per heavy atom. The molecule has 0 spiro atoms. The first kappa shape index (κ1) is 13.1. The number of rotatable bonds is 5. The Bertz CT molecular complexity index is 540. The number of aromatic nitrogens is 1. The highest BCUT2D eigenvalue weighted by Crippen LogP contribution is 2.30. The molecule has 0 aliphatic heterocycles. The lowest BCUT2D eigenvalue weighted by Crippen LogP contribution is -2.34. The maximum absolute atomic E-state index is 9.11. The van der Waals surface area contributed by atoms with Crippen molar-refractivity contribution in [2.75, 3.05) is 17.7 Å². The molecule has 4 nitrogen and oxygen atoms in total. The monoisotopic (exact) mass is 265 g/mol. The highest BCUT2D eigenvalue weighted by atomic mass is 32.1. The van der Waals surface area contributed by atoms with Gasteiger partial charge in [0, 0.05) is 17.8 Å². The maximum Gasteiger partial charge on any atom is 0.184 e. The van der Waals surface area contributed by atoms with E-state index in [1.54, 1.807) is 11.3 Å². The van der Waals surface area contributed by atoms with Crippen LogP contribution in [0.2, 0.25) is 0 Å². The lowest BCUT2D eigenvalue weighted by atomic mass is 9.95. The smallest absolute Gasteiger partial charge is 0.184 e. The van der Waals surface area contributed by atoms with Crippen LogP contribution in [-0.4, -0.2) is 22.2 Å². The number of hydrogen-bond donors (Lipinski definition) is 3. The molecule has 4 N–H and O–H groups in total. The third-order valence-corrected chi connectivity index (χ3v) is 4.20. The van der Waals surface area contributed by atoms with E-state index in [4.69, 9.17) is 10.8 Å². The van der Waals surface area contributed by atoms with Gasteiger partial charge in [0.05, 0.1) is 10.2 Å². The first-order valence-corrected chi connectivity index (χ1v) is 6.93. The standard InChI is InChI=1S/C13H19N3OS/c1-3-13(2,6-7-17)16-12-15-10-5-4-9(14)8-11(10)18-12/h4-5,8,17H,3,6-7,14H2,1-2H3,(H,15,16). The number of nitrogens with zero attached hydrogens (tertiary/aromatic N) is 1. The average molecular weight is 265 g/mol. The van der Waals surface area contributed by atoms with Gasteiger partial charge in [-0.15, -0.1) is 0 Å². The van der Waals surface area contributed by atoms with E-state index < -0.39 is 0 Å². The van der Waals surface area contributed by atoms with Gasteiger partial charge in [-0.1, -0.05) is 18.3 Å². The number of fused-ring (bicyclic) bond motifs is 1. The van der Waals surface area contributed by atoms with Crippen LogP contribution < -0.4 is 11.1 Å². The molecule has 0 saturated heterocycles. The number of aliphatic hydroxyl groups is 1. The molecule has 0 bridgehead atoms. The number of aliphatic hydroxyl groups excluding tert-OH is 1. The van der Waals surface area contributed by atoms with Crippen molar-refractivity contribution in [3.63, 3.8) is 0 Å². The molecule has 18 heavy (non-hydrogen) atoms. The third kappa shape index (κ3) is 2.73. The van der Waals surface area contributed by atoms with E-state index in [-0.39, 0.29) is 12.1 Å². The summed E-state index contributed by atoms with van der Waals surface area (Å²) in [7, 11) is 0. The van der Waals surface area contributed by atoms with E-state index in [1.165, 1.54) is 0 Å². The second-order valence-electron chi connectivity index (χ2n) is 4.76. The zero-order valence-corrected chi connectivity index (χ0v) is 11.5. The van der Waals surface area contributed by atoms with E-state index >= 15 is 0 Å². The zero-order chi connectivity index (χ0) is 13.2. The summed E-state index contributed by atoms with van der Waals surface area (Å²) in [5.41, 5.74) is 7.36. The Balaban J connectivity index is 2.26. The Labute approximate surface area is 111 Å². The van der Waals surface area contributed by atoms with Gasteiger partial charge < -0.3 is 16.2 Å². The predicted octanol–water partition coefficient (Wildman–Crippen LogP) is 2.84. The van der Waals surface area contributed by atoms with Gasteiger partial charge >= 0.3 is 0 Å². The molecule has 1 aromatic heterocycles. The lowest BCUT2D eigenvalue weighted by molar-refractivity contribution is 0.252. The summed E-state index contributed by atoms with van der Waals surface area (Å²) in [5, 5.41) is 13.4. The SMILES string of the molecule is CCC(C)(CCO)Nc1nc2ccc(N)cc2s1. The molecule has 0 amide bonds. The van der Waals surface area contributed by atoms with Crippen molar-refractivity contribution in [1.29, 1.82) is 0 Å². The fraction of sp³-hybridized carbons (Fsp3) is 0.462. The third-order valence-electron chi connectivity index (χ3n) is 3.27.